The number of rotatable bonds is 3. The van der Waals surface area contributed by atoms with Gasteiger partial charge in [0.05, 0.1) is 11.3 Å². The minimum atomic E-state index is -0.536. The van der Waals surface area contributed by atoms with E-state index in [1.165, 1.54) is 0 Å². The van der Waals surface area contributed by atoms with E-state index < -0.39 is 5.60 Å². The number of aliphatic hydroxyl groups is 1. The molecule has 0 unspecified atom stereocenters. The Morgan fingerprint density at radius 1 is 1.33 bits per heavy atom. The third-order valence-corrected chi connectivity index (χ3v) is 3.09. The number of aromatic nitrogens is 1. The summed E-state index contributed by atoms with van der Waals surface area (Å²) in [5.41, 5.74) is 1.36. The zero-order valence-electron chi connectivity index (χ0n) is 10.3. The van der Waals surface area contributed by atoms with Crippen molar-refractivity contribution in [3.8, 4) is 11.5 Å². The van der Waals surface area contributed by atoms with E-state index in [4.69, 9.17) is 4.42 Å². The monoisotopic (exact) mass is 244 g/mol. The lowest BCUT2D eigenvalue weighted by atomic mass is 9.97. The van der Waals surface area contributed by atoms with E-state index in [9.17, 15) is 5.11 Å². The van der Waals surface area contributed by atoms with Crippen molar-refractivity contribution in [1.82, 2.24) is 9.88 Å². The van der Waals surface area contributed by atoms with Gasteiger partial charge in [-0.3, -0.25) is 4.90 Å². The molecule has 4 nitrogen and oxygen atoms in total. The van der Waals surface area contributed by atoms with Gasteiger partial charge in [0.2, 0.25) is 5.89 Å². The van der Waals surface area contributed by atoms with Gasteiger partial charge in [-0.25, -0.2) is 4.98 Å². The zero-order chi connectivity index (χ0) is 12.6. The number of benzene rings is 1. The van der Waals surface area contributed by atoms with Gasteiger partial charge in [-0.2, -0.15) is 0 Å². The Labute approximate surface area is 106 Å². The predicted molar refractivity (Wildman–Crippen MR) is 67.8 cm³/mol. The molecule has 0 radical (unpaired) electrons. The maximum Gasteiger partial charge on any atom is 0.226 e. The third kappa shape index (κ3) is 2.30. The number of hydrogen-bond donors (Lipinski definition) is 1. The molecule has 0 atom stereocenters. The van der Waals surface area contributed by atoms with Crippen LogP contribution in [0.1, 0.15) is 12.6 Å². The Morgan fingerprint density at radius 3 is 2.72 bits per heavy atom. The SMILES string of the molecule is CC1(O)CN(Cc2coc(-c3ccccc3)n2)C1. The van der Waals surface area contributed by atoms with Crippen molar-refractivity contribution >= 4 is 0 Å². The molecule has 2 heterocycles. The minimum Gasteiger partial charge on any atom is -0.444 e. The average Bonchev–Trinajstić information content (AvgIpc) is 2.76. The first-order chi connectivity index (χ1) is 8.62. The molecule has 18 heavy (non-hydrogen) atoms. The fourth-order valence-electron chi connectivity index (χ4n) is 2.35. The molecule has 1 aromatic carbocycles. The molecule has 0 saturated carbocycles. The molecule has 0 bridgehead atoms. The van der Waals surface area contributed by atoms with E-state index >= 15 is 0 Å². The Bertz CT molecular complexity index is 526. The van der Waals surface area contributed by atoms with E-state index in [1.54, 1.807) is 6.26 Å². The summed E-state index contributed by atoms with van der Waals surface area (Å²) in [5.74, 6) is 0.651. The summed E-state index contributed by atoms with van der Waals surface area (Å²) >= 11 is 0. The molecule has 94 valence electrons. The van der Waals surface area contributed by atoms with Crippen molar-refractivity contribution in [1.29, 1.82) is 0 Å². The normalized spacial score (nSPS) is 18.6. The highest BCUT2D eigenvalue weighted by molar-refractivity contribution is 5.52. The zero-order valence-corrected chi connectivity index (χ0v) is 10.3. The largest absolute Gasteiger partial charge is 0.444 e. The summed E-state index contributed by atoms with van der Waals surface area (Å²) in [5, 5.41) is 9.66. The number of oxazole rings is 1. The number of β-amino-alcohol motifs (C(OH)–C–C–N with tert-alkyl or cyclic N) is 1. The van der Waals surface area contributed by atoms with Crippen LogP contribution in [0.3, 0.4) is 0 Å². The van der Waals surface area contributed by atoms with Crippen LogP contribution in [0.15, 0.2) is 41.0 Å². The second-order valence-electron chi connectivity index (χ2n) is 5.15. The lowest BCUT2D eigenvalue weighted by Gasteiger charge is -2.43. The number of likely N-dealkylation sites (tertiary alicyclic amines) is 1. The number of nitrogens with zero attached hydrogens (tertiary/aromatic N) is 2. The molecule has 1 fully saturated rings. The average molecular weight is 244 g/mol. The van der Waals surface area contributed by atoms with Crippen molar-refractivity contribution in [3.63, 3.8) is 0 Å². The standard InChI is InChI=1S/C14H16N2O2/c1-14(17)9-16(10-14)7-12-8-18-13(15-12)11-5-3-2-4-6-11/h2-6,8,17H,7,9-10H2,1H3. The molecule has 1 aromatic heterocycles. The van der Waals surface area contributed by atoms with Gasteiger partial charge in [-0.15, -0.1) is 0 Å². The van der Waals surface area contributed by atoms with E-state index in [-0.39, 0.29) is 0 Å². The fraction of sp³-hybridized carbons (Fsp3) is 0.357. The van der Waals surface area contributed by atoms with Gasteiger partial charge in [-0.05, 0) is 19.1 Å². The van der Waals surface area contributed by atoms with Gasteiger partial charge < -0.3 is 9.52 Å². The fourth-order valence-corrected chi connectivity index (χ4v) is 2.35. The molecular formula is C14H16N2O2. The van der Waals surface area contributed by atoms with Gasteiger partial charge in [0.15, 0.2) is 0 Å². The first-order valence-electron chi connectivity index (χ1n) is 6.07. The first kappa shape index (κ1) is 11.4. The third-order valence-electron chi connectivity index (χ3n) is 3.09. The molecule has 0 amide bonds. The summed E-state index contributed by atoms with van der Waals surface area (Å²) in [4.78, 5) is 6.61. The van der Waals surface area contributed by atoms with Crippen LogP contribution in [0.5, 0.6) is 0 Å². The molecule has 1 aliphatic heterocycles. The van der Waals surface area contributed by atoms with Crippen molar-refractivity contribution < 1.29 is 9.52 Å². The summed E-state index contributed by atoms with van der Waals surface area (Å²) in [6.45, 7) is 3.97. The molecule has 2 aromatic rings. The predicted octanol–water partition coefficient (Wildman–Crippen LogP) is 1.91. The summed E-state index contributed by atoms with van der Waals surface area (Å²) < 4.78 is 5.47. The van der Waals surface area contributed by atoms with Crippen LogP contribution in [0.2, 0.25) is 0 Å². The Kier molecular flexibility index (Phi) is 2.69. The van der Waals surface area contributed by atoms with Gasteiger partial charge in [0, 0.05) is 25.2 Å². The summed E-state index contributed by atoms with van der Waals surface area (Å²) in [6, 6.07) is 9.85. The van der Waals surface area contributed by atoms with Crippen LogP contribution in [-0.2, 0) is 6.54 Å². The van der Waals surface area contributed by atoms with Crippen LogP contribution in [0, 0.1) is 0 Å². The van der Waals surface area contributed by atoms with Crippen LogP contribution in [-0.4, -0.2) is 33.7 Å². The molecule has 4 heteroatoms. The smallest absolute Gasteiger partial charge is 0.226 e. The molecule has 1 N–H and O–H groups in total. The van der Waals surface area contributed by atoms with E-state index in [0.717, 1.165) is 17.8 Å². The summed E-state index contributed by atoms with van der Waals surface area (Å²) in [6.07, 6.45) is 1.69. The molecule has 0 spiro atoms. The highest BCUT2D eigenvalue weighted by atomic mass is 16.3. The van der Waals surface area contributed by atoms with E-state index in [2.05, 4.69) is 9.88 Å². The van der Waals surface area contributed by atoms with Gasteiger partial charge in [0.25, 0.3) is 0 Å². The Morgan fingerprint density at radius 2 is 2.06 bits per heavy atom. The first-order valence-corrected chi connectivity index (χ1v) is 6.07. The van der Waals surface area contributed by atoms with Crippen molar-refractivity contribution in [2.75, 3.05) is 13.1 Å². The molecule has 1 saturated heterocycles. The van der Waals surface area contributed by atoms with Gasteiger partial charge >= 0.3 is 0 Å². The Hall–Kier alpha value is -1.65. The maximum absolute atomic E-state index is 9.66. The highest BCUT2D eigenvalue weighted by Crippen LogP contribution is 2.23. The van der Waals surface area contributed by atoms with Crippen LogP contribution >= 0.6 is 0 Å². The second kappa shape index (κ2) is 4.23. The van der Waals surface area contributed by atoms with Gasteiger partial charge in [0.1, 0.15) is 6.26 Å². The topological polar surface area (TPSA) is 49.5 Å². The highest BCUT2D eigenvalue weighted by Gasteiger charge is 2.36. The van der Waals surface area contributed by atoms with Crippen LogP contribution in [0.25, 0.3) is 11.5 Å². The summed E-state index contributed by atoms with van der Waals surface area (Å²) in [7, 11) is 0. The molecule has 3 rings (SSSR count). The van der Waals surface area contributed by atoms with Crippen molar-refractivity contribution in [2.24, 2.45) is 0 Å². The van der Waals surface area contributed by atoms with Gasteiger partial charge in [-0.1, -0.05) is 18.2 Å². The van der Waals surface area contributed by atoms with E-state index in [1.807, 2.05) is 37.3 Å². The van der Waals surface area contributed by atoms with Crippen molar-refractivity contribution in [3.05, 3.63) is 42.3 Å². The van der Waals surface area contributed by atoms with Crippen LogP contribution < -0.4 is 0 Å². The second-order valence-corrected chi connectivity index (χ2v) is 5.15. The lowest BCUT2D eigenvalue weighted by Crippen LogP contribution is -2.59. The maximum atomic E-state index is 9.66. The minimum absolute atomic E-state index is 0.536. The van der Waals surface area contributed by atoms with E-state index in [0.29, 0.717) is 19.0 Å². The van der Waals surface area contributed by atoms with Crippen LogP contribution in [0.4, 0.5) is 0 Å². The quantitative estimate of drug-likeness (QED) is 0.896. The molecule has 1 aliphatic rings. The number of hydrogen-bond acceptors (Lipinski definition) is 4. The molecule has 0 aliphatic carbocycles. The molecular weight excluding hydrogens is 228 g/mol. The Balaban J connectivity index is 1.68. The van der Waals surface area contributed by atoms with Crippen molar-refractivity contribution in [2.45, 2.75) is 19.1 Å². The lowest BCUT2D eigenvalue weighted by molar-refractivity contribution is -0.0875.